The van der Waals surface area contributed by atoms with E-state index in [-0.39, 0.29) is 22.6 Å². The van der Waals surface area contributed by atoms with Crippen molar-refractivity contribution in [2.24, 2.45) is 0 Å². The van der Waals surface area contributed by atoms with E-state index in [1.807, 2.05) is 0 Å². The monoisotopic (exact) mass is 257 g/mol. The van der Waals surface area contributed by atoms with Gasteiger partial charge in [-0.05, 0) is 24.3 Å². The van der Waals surface area contributed by atoms with Crippen LogP contribution in [0.1, 0.15) is 15.9 Å². The maximum atomic E-state index is 12.9. The standard InChI is InChI=1S/C13H8FN3O2/c14-10-1-2-12(8(3-10)5-15)17-13(19)9-4-11(18)7-16-6-9/h1-4,6-7,18H,(H,17,19). The Morgan fingerprint density at radius 3 is 2.84 bits per heavy atom. The Hall–Kier alpha value is -2.94. The fraction of sp³-hybridized carbons (Fsp3) is 0. The van der Waals surface area contributed by atoms with Crippen LogP contribution < -0.4 is 5.32 Å². The number of carbonyl (C=O) groups is 1. The fourth-order valence-corrected chi connectivity index (χ4v) is 1.46. The Bertz CT molecular complexity index is 680. The average molecular weight is 257 g/mol. The van der Waals surface area contributed by atoms with Crippen molar-refractivity contribution in [1.29, 1.82) is 5.26 Å². The number of hydrogen-bond acceptors (Lipinski definition) is 4. The van der Waals surface area contributed by atoms with Gasteiger partial charge in [-0.1, -0.05) is 0 Å². The van der Waals surface area contributed by atoms with Crippen molar-refractivity contribution in [3.8, 4) is 11.8 Å². The minimum atomic E-state index is -0.562. The van der Waals surface area contributed by atoms with E-state index >= 15 is 0 Å². The lowest BCUT2D eigenvalue weighted by atomic mass is 10.1. The molecule has 0 unspecified atom stereocenters. The first-order chi connectivity index (χ1) is 9.10. The molecule has 0 saturated carbocycles. The highest BCUT2D eigenvalue weighted by atomic mass is 19.1. The molecule has 19 heavy (non-hydrogen) atoms. The Kier molecular flexibility index (Phi) is 3.39. The van der Waals surface area contributed by atoms with Crippen molar-refractivity contribution in [2.45, 2.75) is 0 Å². The molecule has 0 bridgehead atoms. The summed E-state index contributed by atoms with van der Waals surface area (Å²) in [5.41, 5.74) is 0.340. The van der Waals surface area contributed by atoms with Gasteiger partial charge >= 0.3 is 0 Å². The molecule has 94 valence electrons. The van der Waals surface area contributed by atoms with Crippen molar-refractivity contribution in [3.05, 3.63) is 53.6 Å². The van der Waals surface area contributed by atoms with Gasteiger partial charge in [0.05, 0.1) is 23.0 Å². The number of anilines is 1. The summed E-state index contributed by atoms with van der Waals surface area (Å²) >= 11 is 0. The van der Waals surface area contributed by atoms with Crippen molar-refractivity contribution in [3.63, 3.8) is 0 Å². The summed E-state index contributed by atoms with van der Waals surface area (Å²) < 4.78 is 12.9. The maximum Gasteiger partial charge on any atom is 0.257 e. The van der Waals surface area contributed by atoms with Crippen molar-refractivity contribution >= 4 is 11.6 Å². The number of nitrogens with one attached hydrogen (secondary N) is 1. The lowest BCUT2D eigenvalue weighted by Crippen LogP contribution is -2.13. The molecule has 5 nitrogen and oxygen atoms in total. The molecule has 0 aliphatic rings. The number of amides is 1. The number of hydrogen-bond donors (Lipinski definition) is 2. The van der Waals surface area contributed by atoms with Gasteiger partial charge in [0.1, 0.15) is 17.6 Å². The summed E-state index contributed by atoms with van der Waals surface area (Å²) in [6.07, 6.45) is 2.46. The normalized spacial score (nSPS) is 9.68. The predicted molar refractivity (Wildman–Crippen MR) is 65.0 cm³/mol. The van der Waals surface area contributed by atoms with Gasteiger partial charge in [0.15, 0.2) is 0 Å². The summed E-state index contributed by atoms with van der Waals surface area (Å²) in [7, 11) is 0. The largest absolute Gasteiger partial charge is 0.506 e. The third kappa shape index (κ3) is 2.84. The van der Waals surface area contributed by atoms with Crippen LogP contribution in [0.5, 0.6) is 5.75 Å². The van der Waals surface area contributed by atoms with Crippen LogP contribution in [0.25, 0.3) is 0 Å². The molecule has 2 rings (SSSR count). The zero-order valence-corrected chi connectivity index (χ0v) is 9.59. The van der Waals surface area contributed by atoms with Gasteiger partial charge in [-0.3, -0.25) is 9.78 Å². The first kappa shape index (κ1) is 12.5. The average Bonchev–Trinajstić information content (AvgIpc) is 2.40. The van der Waals surface area contributed by atoms with E-state index in [0.717, 1.165) is 12.1 Å². The molecule has 1 aromatic heterocycles. The van der Waals surface area contributed by atoms with Gasteiger partial charge in [-0.25, -0.2) is 4.39 Å². The zero-order valence-electron chi connectivity index (χ0n) is 9.59. The lowest BCUT2D eigenvalue weighted by Gasteiger charge is -2.07. The summed E-state index contributed by atoms with van der Waals surface area (Å²) in [5, 5.41) is 20.5. The predicted octanol–water partition coefficient (Wildman–Crippen LogP) is 2.05. The van der Waals surface area contributed by atoms with Crippen LogP contribution in [0.4, 0.5) is 10.1 Å². The Morgan fingerprint density at radius 2 is 2.16 bits per heavy atom. The molecule has 1 aromatic carbocycles. The number of benzene rings is 1. The molecule has 0 fully saturated rings. The molecule has 1 amide bonds. The van der Waals surface area contributed by atoms with Crippen LogP contribution in [0.15, 0.2) is 36.7 Å². The van der Waals surface area contributed by atoms with Gasteiger partial charge < -0.3 is 10.4 Å². The van der Waals surface area contributed by atoms with Crippen LogP contribution in [-0.4, -0.2) is 16.0 Å². The quantitative estimate of drug-likeness (QED) is 0.862. The van der Waals surface area contributed by atoms with Crippen molar-refractivity contribution in [1.82, 2.24) is 4.98 Å². The van der Waals surface area contributed by atoms with Crippen LogP contribution >= 0.6 is 0 Å². The summed E-state index contributed by atoms with van der Waals surface area (Å²) in [5.74, 6) is -1.26. The van der Waals surface area contributed by atoms with Gasteiger partial charge in [-0.15, -0.1) is 0 Å². The van der Waals surface area contributed by atoms with E-state index in [2.05, 4.69) is 10.3 Å². The minimum absolute atomic E-state index is 0.0152. The molecule has 0 aliphatic heterocycles. The van der Waals surface area contributed by atoms with Crippen LogP contribution in [0, 0.1) is 17.1 Å². The first-order valence-electron chi connectivity index (χ1n) is 5.25. The molecule has 0 atom stereocenters. The fourth-order valence-electron chi connectivity index (χ4n) is 1.46. The van der Waals surface area contributed by atoms with Crippen molar-refractivity contribution < 1.29 is 14.3 Å². The van der Waals surface area contributed by atoms with Crippen LogP contribution in [-0.2, 0) is 0 Å². The Labute approximate surface area is 108 Å². The SMILES string of the molecule is N#Cc1cc(F)ccc1NC(=O)c1cncc(O)c1. The second-order valence-electron chi connectivity index (χ2n) is 3.69. The van der Waals surface area contributed by atoms with Crippen molar-refractivity contribution in [2.75, 3.05) is 5.32 Å². The smallest absolute Gasteiger partial charge is 0.257 e. The van der Waals surface area contributed by atoms with E-state index in [4.69, 9.17) is 5.26 Å². The number of aromatic nitrogens is 1. The lowest BCUT2D eigenvalue weighted by molar-refractivity contribution is 0.102. The second kappa shape index (κ2) is 5.14. The molecule has 2 N–H and O–H groups in total. The van der Waals surface area contributed by atoms with E-state index in [9.17, 15) is 14.3 Å². The molecule has 1 heterocycles. The highest BCUT2D eigenvalue weighted by Gasteiger charge is 2.10. The number of carbonyl (C=O) groups excluding carboxylic acids is 1. The summed E-state index contributed by atoms with van der Waals surface area (Å²) in [6.45, 7) is 0. The molecule has 0 radical (unpaired) electrons. The maximum absolute atomic E-state index is 12.9. The topological polar surface area (TPSA) is 86.0 Å². The summed E-state index contributed by atoms with van der Waals surface area (Å²) in [4.78, 5) is 15.5. The molecule has 0 aliphatic carbocycles. The van der Waals surface area contributed by atoms with Crippen LogP contribution in [0.3, 0.4) is 0 Å². The molecular formula is C13H8FN3O2. The zero-order chi connectivity index (χ0) is 13.8. The highest BCUT2D eigenvalue weighted by Crippen LogP contribution is 2.17. The third-order valence-corrected chi connectivity index (χ3v) is 2.34. The molecule has 2 aromatic rings. The number of pyridine rings is 1. The number of aromatic hydroxyl groups is 1. The van der Waals surface area contributed by atoms with E-state index < -0.39 is 11.7 Å². The third-order valence-electron chi connectivity index (χ3n) is 2.34. The van der Waals surface area contributed by atoms with Gasteiger partial charge in [-0.2, -0.15) is 5.26 Å². The Morgan fingerprint density at radius 1 is 1.37 bits per heavy atom. The number of nitrogens with zero attached hydrogens (tertiary/aromatic N) is 2. The Balaban J connectivity index is 2.27. The van der Waals surface area contributed by atoms with E-state index in [1.54, 1.807) is 6.07 Å². The van der Waals surface area contributed by atoms with Gasteiger partial charge in [0.2, 0.25) is 0 Å². The first-order valence-corrected chi connectivity index (χ1v) is 5.25. The second-order valence-corrected chi connectivity index (χ2v) is 3.69. The minimum Gasteiger partial charge on any atom is -0.506 e. The molecular weight excluding hydrogens is 249 g/mol. The molecule has 0 spiro atoms. The molecule has 0 saturated heterocycles. The number of halogens is 1. The van der Waals surface area contributed by atoms with E-state index in [1.165, 1.54) is 24.5 Å². The van der Waals surface area contributed by atoms with Crippen LogP contribution in [0.2, 0.25) is 0 Å². The highest BCUT2D eigenvalue weighted by molar-refractivity contribution is 6.04. The van der Waals surface area contributed by atoms with Gasteiger partial charge in [0.25, 0.3) is 5.91 Å². The number of nitriles is 1. The van der Waals surface area contributed by atoms with E-state index in [0.29, 0.717) is 0 Å². The molecule has 6 heteroatoms. The van der Waals surface area contributed by atoms with Gasteiger partial charge in [0, 0.05) is 6.20 Å². The summed E-state index contributed by atoms with van der Waals surface area (Å²) in [6, 6.07) is 6.47. The number of rotatable bonds is 2.